The van der Waals surface area contributed by atoms with Crippen molar-refractivity contribution in [2.75, 3.05) is 4.90 Å². The number of nitrogens with zero attached hydrogens (tertiary/aromatic N) is 1. The van der Waals surface area contributed by atoms with Crippen molar-refractivity contribution >= 4 is 71.7 Å². The van der Waals surface area contributed by atoms with Crippen LogP contribution in [-0.2, 0) is 0 Å². The molecule has 55 heavy (non-hydrogen) atoms. The molecule has 258 valence electrons. The lowest BCUT2D eigenvalue weighted by atomic mass is 9.97. The van der Waals surface area contributed by atoms with Gasteiger partial charge < -0.3 is 13.7 Å². The number of fused-ring (bicyclic) bond motifs is 7. The number of anilines is 3. The standard InChI is InChI=1S/C52H33NO2/c1-2-15-41-34(11-1)12-8-18-42(41)37-13-7-14-40(33-37)53(38-29-25-35(26-30-38)43-19-10-24-50-51(43)47-17-4-6-23-49(47)54-50)39-31-27-36(28-32-39)44-20-9-21-46-45-16-3-5-22-48(45)55-52(44)46/h1-33H. The molecule has 0 saturated heterocycles. The van der Waals surface area contributed by atoms with Crippen LogP contribution in [0, 0.1) is 0 Å². The van der Waals surface area contributed by atoms with Gasteiger partial charge >= 0.3 is 0 Å². The summed E-state index contributed by atoms with van der Waals surface area (Å²) in [6.45, 7) is 0. The number of furan rings is 2. The Bertz CT molecular complexity index is 3200. The average Bonchev–Trinajstić information content (AvgIpc) is 3.83. The summed E-state index contributed by atoms with van der Waals surface area (Å²) in [5, 5.41) is 7.00. The summed E-state index contributed by atoms with van der Waals surface area (Å²) in [7, 11) is 0. The van der Waals surface area contributed by atoms with E-state index in [1.54, 1.807) is 0 Å². The van der Waals surface area contributed by atoms with Gasteiger partial charge in [-0.25, -0.2) is 0 Å². The van der Waals surface area contributed by atoms with Crippen LogP contribution in [-0.4, -0.2) is 0 Å². The summed E-state index contributed by atoms with van der Waals surface area (Å²) >= 11 is 0. The van der Waals surface area contributed by atoms with Gasteiger partial charge in [0.15, 0.2) is 0 Å². The van der Waals surface area contributed by atoms with Gasteiger partial charge in [-0.3, -0.25) is 0 Å². The molecule has 0 radical (unpaired) electrons. The van der Waals surface area contributed by atoms with Gasteiger partial charge in [-0.1, -0.05) is 146 Å². The molecule has 2 heterocycles. The molecule has 9 aromatic carbocycles. The van der Waals surface area contributed by atoms with Crippen LogP contribution >= 0.6 is 0 Å². The normalized spacial score (nSPS) is 11.6. The van der Waals surface area contributed by atoms with E-state index in [1.165, 1.54) is 21.9 Å². The van der Waals surface area contributed by atoms with Crippen molar-refractivity contribution in [1.29, 1.82) is 0 Å². The van der Waals surface area contributed by atoms with Gasteiger partial charge in [0.1, 0.15) is 22.3 Å². The quantitative estimate of drug-likeness (QED) is 0.173. The first-order valence-electron chi connectivity index (χ1n) is 18.7. The van der Waals surface area contributed by atoms with Gasteiger partial charge in [0, 0.05) is 44.2 Å². The second kappa shape index (κ2) is 12.6. The predicted molar refractivity (Wildman–Crippen MR) is 229 cm³/mol. The molecule has 0 aliphatic carbocycles. The first kappa shape index (κ1) is 31.2. The second-order valence-corrected chi connectivity index (χ2v) is 14.1. The van der Waals surface area contributed by atoms with Crippen LogP contribution in [0.2, 0.25) is 0 Å². The zero-order valence-corrected chi connectivity index (χ0v) is 29.8. The Morgan fingerprint density at radius 3 is 1.65 bits per heavy atom. The maximum atomic E-state index is 6.42. The molecule has 0 aliphatic rings. The topological polar surface area (TPSA) is 29.5 Å². The fraction of sp³-hybridized carbons (Fsp3) is 0. The van der Waals surface area contributed by atoms with E-state index < -0.39 is 0 Å². The lowest BCUT2D eigenvalue weighted by Gasteiger charge is -2.26. The van der Waals surface area contributed by atoms with Gasteiger partial charge in [0.05, 0.1) is 0 Å². The molecule has 11 rings (SSSR count). The highest BCUT2D eigenvalue weighted by Gasteiger charge is 2.18. The molecule has 3 nitrogen and oxygen atoms in total. The maximum Gasteiger partial charge on any atom is 0.143 e. The van der Waals surface area contributed by atoms with E-state index in [0.29, 0.717) is 0 Å². The summed E-state index contributed by atoms with van der Waals surface area (Å²) < 4.78 is 12.6. The van der Waals surface area contributed by atoms with E-state index in [1.807, 2.05) is 24.3 Å². The third-order valence-electron chi connectivity index (χ3n) is 10.9. The lowest BCUT2D eigenvalue weighted by Crippen LogP contribution is -2.10. The maximum absolute atomic E-state index is 6.42. The highest BCUT2D eigenvalue weighted by Crippen LogP contribution is 2.42. The first-order valence-corrected chi connectivity index (χ1v) is 18.7. The van der Waals surface area contributed by atoms with Gasteiger partial charge in [-0.05, 0) is 93.2 Å². The van der Waals surface area contributed by atoms with Crippen molar-refractivity contribution in [3.05, 3.63) is 200 Å². The second-order valence-electron chi connectivity index (χ2n) is 14.1. The van der Waals surface area contributed by atoms with E-state index >= 15 is 0 Å². The third-order valence-corrected chi connectivity index (χ3v) is 10.9. The van der Waals surface area contributed by atoms with Gasteiger partial charge in [-0.15, -0.1) is 0 Å². The highest BCUT2D eigenvalue weighted by atomic mass is 16.3. The van der Waals surface area contributed by atoms with Crippen LogP contribution in [0.25, 0.3) is 88.0 Å². The fourth-order valence-corrected chi connectivity index (χ4v) is 8.31. The van der Waals surface area contributed by atoms with Crippen LogP contribution in [0.4, 0.5) is 17.1 Å². The van der Waals surface area contributed by atoms with Crippen LogP contribution in [0.5, 0.6) is 0 Å². The molecule has 0 unspecified atom stereocenters. The molecule has 3 heteroatoms. The zero-order chi connectivity index (χ0) is 36.3. The molecular weight excluding hydrogens is 671 g/mol. The number of hydrogen-bond acceptors (Lipinski definition) is 3. The van der Waals surface area contributed by atoms with Crippen LogP contribution in [0.1, 0.15) is 0 Å². The molecule has 0 atom stereocenters. The molecule has 0 bridgehead atoms. The number of para-hydroxylation sites is 3. The Kier molecular flexibility index (Phi) is 7.17. The van der Waals surface area contributed by atoms with E-state index in [0.717, 1.165) is 83.2 Å². The molecule has 0 spiro atoms. The minimum absolute atomic E-state index is 0.896. The summed E-state index contributed by atoms with van der Waals surface area (Å²) in [4.78, 5) is 2.35. The van der Waals surface area contributed by atoms with Crippen molar-refractivity contribution in [3.8, 4) is 33.4 Å². The smallest absolute Gasteiger partial charge is 0.143 e. The van der Waals surface area contributed by atoms with Gasteiger partial charge in [0.2, 0.25) is 0 Å². The van der Waals surface area contributed by atoms with E-state index in [-0.39, 0.29) is 0 Å². The molecule has 0 fully saturated rings. The van der Waals surface area contributed by atoms with Crippen molar-refractivity contribution in [2.24, 2.45) is 0 Å². The first-order chi connectivity index (χ1) is 27.3. The zero-order valence-electron chi connectivity index (χ0n) is 29.8. The lowest BCUT2D eigenvalue weighted by molar-refractivity contribution is 0.669. The summed E-state index contributed by atoms with van der Waals surface area (Å²) in [5.74, 6) is 0. The Morgan fingerprint density at radius 2 is 0.855 bits per heavy atom. The largest absolute Gasteiger partial charge is 0.456 e. The fourth-order valence-electron chi connectivity index (χ4n) is 8.31. The van der Waals surface area contributed by atoms with Gasteiger partial charge in [-0.2, -0.15) is 0 Å². The molecule has 2 aromatic heterocycles. The third kappa shape index (κ3) is 5.20. The summed E-state index contributed by atoms with van der Waals surface area (Å²) in [5.41, 5.74) is 13.7. The van der Waals surface area contributed by atoms with E-state index in [2.05, 4.69) is 181 Å². The minimum Gasteiger partial charge on any atom is -0.456 e. The Balaban J connectivity index is 1.04. The monoisotopic (exact) mass is 703 g/mol. The van der Waals surface area contributed by atoms with Crippen LogP contribution < -0.4 is 4.90 Å². The van der Waals surface area contributed by atoms with Crippen molar-refractivity contribution in [2.45, 2.75) is 0 Å². The summed E-state index contributed by atoms with van der Waals surface area (Å²) in [6.07, 6.45) is 0. The Labute approximate surface area is 317 Å². The molecule has 0 N–H and O–H groups in total. The molecular formula is C52H33NO2. The van der Waals surface area contributed by atoms with Gasteiger partial charge in [0.25, 0.3) is 0 Å². The van der Waals surface area contributed by atoms with Crippen molar-refractivity contribution < 1.29 is 8.83 Å². The SMILES string of the molecule is c1cc(-c2cccc3ccccc23)cc(N(c2ccc(-c3cccc4c3oc3ccccc34)cc2)c2ccc(-c3cccc4oc5ccccc5c34)cc2)c1. The highest BCUT2D eigenvalue weighted by molar-refractivity contribution is 6.12. The average molecular weight is 704 g/mol. The van der Waals surface area contributed by atoms with Crippen molar-refractivity contribution in [3.63, 3.8) is 0 Å². The molecule has 11 aromatic rings. The minimum atomic E-state index is 0.896. The number of hydrogen-bond donors (Lipinski definition) is 0. The number of rotatable bonds is 6. The van der Waals surface area contributed by atoms with Crippen LogP contribution in [0.15, 0.2) is 209 Å². The molecule has 0 saturated carbocycles. The van der Waals surface area contributed by atoms with E-state index in [4.69, 9.17) is 8.83 Å². The van der Waals surface area contributed by atoms with E-state index in [9.17, 15) is 0 Å². The Morgan fingerprint density at radius 1 is 0.309 bits per heavy atom. The molecule has 0 aliphatic heterocycles. The Hall–Kier alpha value is -7.36. The summed E-state index contributed by atoms with van der Waals surface area (Å²) in [6, 6.07) is 71.0. The van der Waals surface area contributed by atoms with Crippen molar-refractivity contribution in [1.82, 2.24) is 0 Å². The van der Waals surface area contributed by atoms with Crippen LogP contribution in [0.3, 0.4) is 0 Å². The number of benzene rings is 9. The predicted octanol–water partition coefficient (Wildman–Crippen LogP) is 15.1. The molecule has 0 amide bonds.